The number of fused-ring (bicyclic) bond motifs is 1. The summed E-state index contributed by atoms with van der Waals surface area (Å²) >= 11 is 0. The summed E-state index contributed by atoms with van der Waals surface area (Å²) in [6.45, 7) is 2.45. The van der Waals surface area contributed by atoms with E-state index in [1.54, 1.807) is 0 Å². The molecular formula is C18H25N3O2. The van der Waals surface area contributed by atoms with Gasteiger partial charge >= 0.3 is 0 Å². The summed E-state index contributed by atoms with van der Waals surface area (Å²) in [6, 6.07) is 8.01. The second kappa shape index (κ2) is 7.13. The topological polar surface area (TPSA) is 66.6 Å². The zero-order valence-corrected chi connectivity index (χ0v) is 13.5. The van der Waals surface area contributed by atoms with Crippen LogP contribution in [0.4, 0.5) is 5.69 Å². The van der Waals surface area contributed by atoms with Crippen LogP contribution in [-0.2, 0) is 16.0 Å². The van der Waals surface area contributed by atoms with Crippen LogP contribution in [0.1, 0.15) is 37.7 Å². The average molecular weight is 315 g/mol. The number of para-hydroxylation sites is 1. The highest BCUT2D eigenvalue weighted by molar-refractivity contribution is 5.96. The molecule has 2 aliphatic rings. The fourth-order valence-electron chi connectivity index (χ4n) is 3.75. The van der Waals surface area contributed by atoms with Gasteiger partial charge in [0.25, 0.3) is 0 Å². The number of carbonyl (C=O) groups is 2. The highest BCUT2D eigenvalue weighted by Gasteiger charge is 2.27. The quantitative estimate of drug-likeness (QED) is 0.899. The molecule has 0 spiro atoms. The number of likely N-dealkylation sites (tertiary alicyclic amines) is 1. The first-order valence-corrected chi connectivity index (χ1v) is 8.58. The molecule has 0 radical (unpaired) electrons. The van der Waals surface area contributed by atoms with E-state index < -0.39 is 0 Å². The Kier molecular flexibility index (Phi) is 4.96. The van der Waals surface area contributed by atoms with Gasteiger partial charge < -0.3 is 10.6 Å². The number of rotatable bonds is 5. The van der Waals surface area contributed by atoms with Gasteiger partial charge in [-0.15, -0.1) is 0 Å². The molecule has 2 N–H and O–H groups in total. The van der Waals surface area contributed by atoms with Gasteiger partial charge in [0, 0.05) is 25.2 Å². The van der Waals surface area contributed by atoms with Crippen LogP contribution in [0.2, 0.25) is 0 Å². The Labute approximate surface area is 137 Å². The standard InChI is InChI=1S/C18H25N3O2/c19-18(23)16-8-3-4-11-20(16)12-5-13-21-15-7-2-1-6-14(15)9-10-17(21)22/h1-2,6-7,16H,3-5,8-13H2,(H2,19,23). The molecular weight excluding hydrogens is 290 g/mol. The molecule has 0 aromatic heterocycles. The zero-order valence-electron chi connectivity index (χ0n) is 13.5. The van der Waals surface area contributed by atoms with E-state index in [0.29, 0.717) is 13.0 Å². The summed E-state index contributed by atoms with van der Waals surface area (Å²) in [5.41, 5.74) is 7.81. The van der Waals surface area contributed by atoms with Gasteiger partial charge in [-0.3, -0.25) is 14.5 Å². The molecule has 1 fully saturated rings. The van der Waals surface area contributed by atoms with Crippen molar-refractivity contribution in [2.24, 2.45) is 5.73 Å². The number of nitrogens with two attached hydrogens (primary N) is 1. The van der Waals surface area contributed by atoms with E-state index >= 15 is 0 Å². The highest BCUT2D eigenvalue weighted by Crippen LogP contribution is 2.27. The van der Waals surface area contributed by atoms with Crippen LogP contribution < -0.4 is 10.6 Å². The van der Waals surface area contributed by atoms with E-state index in [0.717, 1.165) is 50.9 Å². The third-order valence-electron chi connectivity index (χ3n) is 4.96. The van der Waals surface area contributed by atoms with E-state index in [4.69, 9.17) is 5.73 Å². The summed E-state index contributed by atoms with van der Waals surface area (Å²) in [5, 5.41) is 0. The number of nitrogens with zero attached hydrogens (tertiary/aromatic N) is 2. The van der Waals surface area contributed by atoms with Crippen molar-refractivity contribution in [3.63, 3.8) is 0 Å². The molecule has 0 aliphatic carbocycles. The Hall–Kier alpha value is -1.88. The third kappa shape index (κ3) is 3.55. The summed E-state index contributed by atoms with van der Waals surface area (Å²) in [6.07, 6.45) is 5.34. The minimum Gasteiger partial charge on any atom is -0.368 e. The number of hydrogen-bond acceptors (Lipinski definition) is 3. The van der Waals surface area contributed by atoms with Crippen LogP contribution in [0.3, 0.4) is 0 Å². The van der Waals surface area contributed by atoms with Gasteiger partial charge in [-0.2, -0.15) is 0 Å². The van der Waals surface area contributed by atoms with Crippen LogP contribution in [0, 0.1) is 0 Å². The van der Waals surface area contributed by atoms with Crippen molar-refractivity contribution < 1.29 is 9.59 Å². The van der Waals surface area contributed by atoms with Crippen molar-refractivity contribution in [1.29, 1.82) is 0 Å². The van der Waals surface area contributed by atoms with E-state index in [9.17, 15) is 9.59 Å². The number of carbonyl (C=O) groups excluding carboxylic acids is 2. The predicted octanol–water partition coefficient (Wildman–Crippen LogP) is 1.70. The summed E-state index contributed by atoms with van der Waals surface area (Å²) < 4.78 is 0. The lowest BCUT2D eigenvalue weighted by Crippen LogP contribution is -2.48. The Balaban J connectivity index is 1.60. The summed E-state index contributed by atoms with van der Waals surface area (Å²) in [5.74, 6) is -0.0158. The van der Waals surface area contributed by atoms with Gasteiger partial charge in [0.2, 0.25) is 11.8 Å². The van der Waals surface area contributed by atoms with Crippen molar-refractivity contribution in [3.05, 3.63) is 29.8 Å². The molecule has 2 heterocycles. The fraction of sp³-hybridized carbons (Fsp3) is 0.556. The number of piperidine rings is 1. The summed E-state index contributed by atoms with van der Waals surface area (Å²) in [4.78, 5) is 27.9. The molecule has 5 heteroatoms. The first-order chi connectivity index (χ1) is 11.2. The van der Waals surface area contributed by atoms with Gasteiger partial charge in [0.1, 0.15) is 0 Å². The van der Waals surface area contributed by atoms with Crippen molar-refractivity contribution in [1.82, 2.24) is 4.90 Å². The SMILES string of the molecule is NC(=O)C1CCCCN1CCCN1C(=O)CCc2ccccc21. The molecule has 23 heavy (non-hydrogen) atoms. The predicted molar refractivity (Wildman–Crippen MR) is 90.1 cm³/mol. The maximum atomic E-state index is 12.2. The van der Waals surface area contributed by atoms with Crippen LogP contribution in [-0.4, -0.2) is 42.4 Å². The van der Waals surface area contributed by atoms with Gasteiger partial charge in [-0.05, 0) is 43.9 Å². The molecule has 1 aromatic carbocycles. The molecule has 1 saturated heterocycles. The number of anilines is 1. The van der Waals surface area contributed by atoms with Gasteiger partial charge in [-0.1, -0.05) is 24.6 Å². The van der Waals surface area contributed by atoms with Crippen LogP contribution >= 0.6 is 0 Å². The number of benzene rings is 1. The summed E-state index contributed by atoms with van der Waals surface area (Å²) in [7, 11) is 0. The fourth-order valence-corrected chi connectivity index (χ4v) is 3.75. The number of primary amides is 1. The van der Waals surface area contributed by atoms with Crippen LogP contribution in [0.15, 0.2) is 24.3 Å². The van der Waals surface area contributed by atoms with Crippen LogP contribution in [0.25, 0.3) is 0 Å². The number of aryl methyl sites for hydroxylation is 1. The van der Waals surface area contributed by atoms with Crippen LogP contribution in [0.5, 0.6) is 0 Å². The lowest BCUT2D eigenvalue weighted by Gasteiger charge is -2.35. The Morgan fingerprint density at radius 1 is 1.17 bits per heavy atom. The number of hydrogen-bond donors (Lipinski definition) is 1. The lowest BCUT2D eigenvalue weighted by atomic mass is 10.00. The molecule has 5 nitrogen and oxygen atoms in total. The van der Waals surface area contributed by atoms with Crippen molar-refractivity contribution >= 4 is 17.5 Å². The monoisotopic (exact) mass is 315 g/mol. The molecule has 0 saturated carbocycles. The molecule has 3 rings (SSSR count). The highest BCUT2D eigenvalue weighted by atomic mass is 16.2. The van der Waals surface area contributed by atoms with E-state index in [-0.39, 0.29) is 17.9 Å². The normalized spacial score (nSPS) is 22.0. The van der Waals surface area contributed by atoms with Gasteiger partial charge in [0.15, 0.2) is 0 Å². The smallest absolute Gasteiger partial charge is 0.234 e. The lowest BCUT2D eigenvalue weighted by molar-refractivity contribution is -0.124. The minimum atomic E-state index is -0.218. The van der Waals surface area contributed by atoms with Crippen molar-refractivity contribution in [2.45, 2.75) is 44.6 Å². The molecule has 124 valence electrons. The van der Waals surface area contributed by atoms with Crippen molar-refractivity contribution in [3.8, 4) is 0 Å². The van der Waals surface area contributed by atoms with Crippen molar-refractivity contribution in [2.75, 3.05) is 24.5 Å². The Bertz CT molecular complexity index is 587. The minimum absolute atomic E-state index is 0.131. The van der Waals surface area contributed by atoms with Gasteiger partial charge in [-0.25, -0.2) is 0 Å². The maximum Gasteiger partial charge on any atom is 0.234 e. The Morgan fingerprint density at radius 2 is 2.00 bits per heavy atom. The second-order valence-corrected chi connectivity index (χ2v) is 6.48. The largest absolute Gasteiger partial charge is 0.368 e. The zero-order chi connectivity index (χ0) is 16.2. The molecule has 2 amide bonds. The third-order valence-corrected chi connectivity index (χ3v) is 4.96. The molecule has 0 bridgehead atoms. The second-order valence-electron chi connectivity index (χ2n) is 6.48. The number of amides is 2. The molecule has 1 atom stereocenters. The average Bonchev–Trinajstić information content (AvgIpc) is 2.57. The first-order valence-electron chi connectivity index (χ1n) is 8.58. The molecule has 2 aliphatic heterocycles. The molecule has 1 aromatic rings. The Morgan fingerprint density at radius 3 is 2.83 bits per heavy atom. The maximum absolute atomic E-state index is 12.2. The van der Waals surface area contributed by atoms with Gasteiger partial charge in [0.05, 0.1) is 6.04 Å². The van der Waals surface area contributed by atoms with E-state index in [1.807, 2.05) is 23.1 Å². The van der Waals surface area contributed by atoms with E-state index in [1.165, 1.54) is 5.56 Å². The molecule has 1 unspecified atom stereocenters. The first kappa shape index (κ1) is 16.0. The van der Waals surface area contributed by atoms with E-state index in [2.05, 4.69) is 11.0 Å².